The minimum absolute atomic E-state index is 0.0528. The average Bonchev–Trinajstić information content (AvgIpc) is 3.35. The number of fused-ring (bicyclic) bond motifs is 2. The van der Waals surface area contributed by atoms with Crippen molar-refractivity contribution < 1.29 is 17.6 Å². The number of carbonyl (C=O) groups excluding carboxylic acids is 1. The van der Waals surface area contributed by atoms with Gasteiger partial charge in [0, 0.05) is 24.2 Å². The molecule has 1 N–H and O–H groups in total. The van der Waals surface area contributed by atoms with Gasteiger partial charge in [-0.05, 0) is 50.5 Å². The molecule has 1 unspecified atom stereocenters. The van der Waals surface area contributed by atoms with Gasteiger partial charge in [0.1, 0.15) is 5.52 Å². The van der Waals surface area contributed by atoms with Crippen molar-refractivity contribution in [2.75, 3.05) is 16.8 Å². The number of sulfone groups is 1. The van der Waals surface area contributed by atoms with Crippen LogP contribution >= 0.6 is 0 Å². The Balaban J connectivity index is 1.43. The average molecular weight is 466 g/mol. The number of nitrogens with zero attached hydrogens (tertiary/aromatic N) is 4. The summed E-state index contributed by atoms with van der Waals surface area (Å²) in [5.41, 5.74) is 4.57. The molecule has 4 heterocycles. The van der Waals surface area contributed by atoms with Gasteiger partial charge in [-0.1, -0.05) is 0 Å². The maximum absolute atomic E-state index is 13.4. The zero-order valence-corrected chi connectivity index (χ0v) is 19.1. The summed E-state index contributed by atoms with van der Waals surface area (Å²) < 4.78 is 31.4. The zero-order chi connectivity index (χ0) is 22.9. The summed E-state index contributed by atoms with van der Waals surface area (Å²) >= 11 is 0. The van der Waals surface area contributed by atoms with Crippen LogP contribution < -0.4 is 5.32 Å². The molecule has 1 saturated heterocycles. The van der Waals surface area contributed by atoms with E-state index in [1.807, 2.05) is 13.0 Å². The van der Waals surface area contributed by atoms with Gasteiger partial charge in [-0.25, -0.2) is 23.1 Å². The van der Waals surface area contributed by atoms with E-state index in [1.54, 1.807) is 29.8 Å². The lowest BCUT2D eigenvalue weighted by molar-refractivity contribution is 0.102. The van der Waals surface area contributed by atoms with Crippen molar-refractivity contribution in [3.8, 4) is 0 Å². The van der Waals surface area contributed by atoms with Crippen LogP contribution in [0, 0.1) is 13.8 Å². The zero-order valence-electron chi connectivity index (χ0n) is 18.3. The highest BCUT2D eigenvalue weighted by Crippen LogP contribution is 2.41. The van der Waals surface area contributed by atoms with Crippen molar-refractivity contribution in [3.63, 3.8) is 0 Å². The Morgan fingerprint density at radius 2 is 1.97 bits per heavy atom. The van der Waals surface area contributed by atoms with Crippen molar-refractivity contribution in [1.82, 2.24) is 19.7 Å². The van der Waals surface area contributed by atoms with Gasteiger partial charge in [0.05, 0.1) is 34.2 Å². The molecule has 0 bridgehead atoms. The second-order valence-corrected chi connectivity index (χ2v) is 11.3. The van der Waals surface area contributed by atoms with Gasteiger partial charge in [0.15, 0.2) is 27.0 Å². The van der Waals surface area contributed by atoms with Gasteiger partial charge in [-0.3, -0.25) is 4.79 Å². The highest BCUT2D eigenvalue weighted by atomic mass is 32.2. The van der Waals surface area contributed by atoms with E-state index in [0.717, 1.165) is 18.5 Å². The molecule has 4 aromatic rings. The molecule has 1 atom stereocenters. The maximum atomic E-state index is 13.4. The number of rotatable bonds is 4. The normalized spacial score (nSPS) is 20.0. The highest BCUT2D eigenvalue weighted by molar-refractivity contribution is 7.91. The van der Waals surface area contributed by atoms with E-state index < -0.39 is 9.84 Å². The molecule has 1 aromatic carbocycles. The number of aryl methyl sites for hydroxylation is 2. The van der Waals surface area contributed by atoms with Crippen LogP contribution in [0.15, 0.2) is 28.7 Å². The number of benzene rings is 1. The van der Waals surface area contributed by atoms with E-state index in [1.165, 1.54) is 0 Å². The predicted octanol–water partition coefficient (Wildman–Crippen LogP) is 3.68. The Morgan fingerprint density at radius 1 is 1.15 bits per heavy atom. The van der Waals surface area contributed by atoms with Gasteiger partial charge in [0.2, 0.25) is 0 Å². The van der Waals surface area contributed by atoms with E-state index in [9.17, 15) is 13.2 Å². The molecule has 2 aliphatic rings. The molecule has 10 heteroatoms. The second-order valence-electron chi connectivity index (χ2n) is 9.02. The smallest absolute Gasteiger partial charge is 0.256 e. The SMILES string of the molecule is Cc1nc2cc(NC(=O)c3cc(C4CC4)nc4c3c(C)nn4C3CCS(=O)(=O)C3)ccc2o1. The fourth-order valence-electron chi connectivity index (χ4n) is 4.64. The Labute approximate surface area is 190 Å². The van der Waals surface area contributed by atoms with E-state index >= 15 is 0 Å². The summed E-state index contributed by atoms with van der Waals surface area (Å²) in [6.45, 7) is 3.61. The van der Waals surface area contributed by atoms with Crippen LogP contribution in [0.2, 0.25) is 0 Å². The molecule has 6 rings (SSSR count). The van der Waals surface area contributed by atoms with Gasteiger partial charge in [-0.2, -0.15) is 5.10 Å². The number of nitrogens with one attached hydrogen (secondary N) is 1. The molecule has 33 heavy (non-hydrogen) atoms. The summed E-state index contributed by atoms with van der Waals surface area (Å²) in [7, 11) is -3.08. The summed E-state index contributed by atoms with van der Waals surface area (Å²) in [5, 5.41) is 8.28. The number of carbonyl (C=O) groups is 1. The van der Waals surface area contributed by atoms with Crippen LogP contribution in [0.1, 0.15) is 58.9 Å². The Morgan fingerprint density at radius 3 is 2.70 bits per heavy atom. The van der Waals surface area contributed by atoms with Crippen LogP contribution in [0.3, 0.4) is 0 Å². The van der Waals surface area contributed by atoms with Crippen molar-refractivity contribution in [2.24, 2.45) is 0 Å². The number of amides is 1. The van der Waals surface area contributed by atoms with E-state index in [0.29, 0.717) is 57.3 Å². The first-order chi connectivity index (χ1) is 15.8. The fourth-order valence-corrected chi connectivity index (χ4v) is 6.33. The quantitative estimate of drug-likeness (QED) is 0.488. The largest absolute Gasteiger partial charge is 0.441 e. The van der Waals surface area contributed by atoms with Crippen LogP contribution in [-0.4, -0.2) is 45.6 Å². The number of anilines is 1. The predicted molar refractivity (Wildman–Crippen MR) is 123 cm³/mol. The Hall–Kier alpha value is -3.27. The third-order valence-corrected chi connectivity index (χ3v) is 8.15. The summed E-state index contributed by atoms with van der Waals surface area (Å²) in [6.07, 6.45) is 2.58. The van der Waals surface area contributed by atoms with Gasteiger partial charge in [-0.15, -0.1) is 0 Å². The molecule has 2 fully saturated rings. The number of oxazole rings is 1. The number of aromatic nitrogens is 4. The lowest BCUT2D eigenvalue weighted by atomic mass is 10.1. The Bertz CT molecular complexity index is 1550. The van der Waals surface area contributed by atoms with E-state index in [2.05, 4.69) is 15.4 Å². The molecule has 170 valence electrons. The first-order valence-corrected chi connectivity index (χ1v) is 12.9. The van der Waals surface area contributed by atoms with E-state index in [-0.39, 0.29) is 23.5 Å². The summed E-state index contributed by atoms with van der Waals surface area (Å²) in [5.74, 6) is 0.835. The third-order valence-electron chi connectivity index (χ3n) is 6.40. The van der Waals surface area contributed by atoms with Crippen LogP contribution in [0.4, 0.5) is 5.69 Å². The van der Waals surface area contributed by atoms with Gasteiger partial charge >= 0.3 is 0 Å². The molecule has 3 aromatic heterocycles. The number of hydrogen-bond donors (Lipinski definition) is 1. The van der Waals surface area contributed by atoms with Crippen molar-refractivity contribution in [3.05, 3.63) is 47.1 Å². The van der Waals surface area contributed by atoms with Crippen molar-refractivity contribution in [2.45, 2.75) is 45.1 Å². The molecule has 9 nitrogen and oxygen atoms in total. The molecular formula is C23H23N5O4S. The monoisotopic (exact) mass is 465 g/mol. The fraction of sp³-hybridized carbons (Fsp3) is 0.391. The van der Waals surface area contributed by atoms with Gasteiger partial charge in [0.25, 0.3) is 5.91 Å². The van der Waals surface area contributed by atoms with Crippen LogP contribution in [0.25, 0.3) is 22.1 Å². The molecule has 1 amide bonds. The lowest BCUT2D eigenvalue weighted by Crippen LogP contribution is -2.15. The molecule has 1 aliphatic heterocycles. The molecule has 1 saturated carbocycles. The number of pyridine rings is 1. The van der Waals surface area contributed by atoms with E-state index in [4.69, 9.17) is 9.40 Å². The maximum Gasteiger partial charge on any atom is 0.256 e. The van der Waals surface area contributed by atoms with Gasteiger partial charge < -0.3 is 9.73 Å². The second kappa shape index (κ2) is 7.11. The highest BCUT2D eigenvalue weighted by Gasteiger charge is 2.34. The minimum atomic E-state index is -3.08. The molecule has 1 aliphatic carbocycles. The van der Waals surface area contributed by atoms with Crippen LogP contribution in [0.5, 0.6) is 0 Å². The topological polar surface area (TPSA) is 120 Å². The van der Waals surface area contributed by atoms with Crippen LogP contribution in [-0.2, 0) is 9.84 Å². The first-order valence-electron chi connectivity index (χ1n) is 11.1. The summed E-state index contributed by atoms with van der Waals surface area (Å²) in [6, 6.07) is 6.95. The first kappa shape index (κ1) is 20.3. The van der Waals surface area contributed by atoms with Crippen molar-refractivity contribution >= 4 is 43.6 Å². The standard InChI is InChI=1S/C23H23N5O4S/c1-12-21-17(23(29)25-15-5-6-20-19(9-15)24-13(2)32-20)10-18(14-3-4-14)26-22(21)28(27-12)16-7-8-33(30,31)11-16/h5-6,9-10,14,16H,3-4,7-8,11H2,1-2H3,(H,25,29). The van der Waals surface area contributed by atoms with Crippen molar-refractivity contribution in [1.29, 1.82) is 0 Å². The summed E-state index contributed by atoms with van der Waals surface area (Å²) in [4.78, 5) is 22.6. The molecule has 0 spiro atoms. The third kappa shape index (κ3) is 3.58. The lowest BCUT2D eigenvalue weighted by Gasteiger charge is -2.12. The molecular weight excluding hydrogens is 442 g/mol. The number of hydrogen-bond acceptors (Lipinski definition) is 7. The molecule has 0 radical (unpaired) electrons. The Kier molecular flexibility index (Phi) is 4.39. The minimum Gasteiger partial charge on any atom is -0.441 e.